The number of likely N-dealkylation sites (tertiary alicyclic amines) is 1. The van der Waals surface area contributed by atoms with Crippen LogP contribution in [-0.2, 0) is 0 Å². The van der Waals surface area contributed by atoms with Gasteiger partial charge in [-0.2, -0.15) is 0 Å². The van der Waals surface area contributed by atoms with Crippen LogP contribution in [0.2, 0.25) is 0 Å². The zero-order chi connectivity index (χ0) is 14.3. The third-order valence-electron chi connectivity index (χ3n) is 3.57. The standard InChI is InChI=1S/C14H14BrN3O2/c15-11-3-1-2-9-10(6-12(19)17-13(9)11)14(20)18-5-4-8(16)7-18/h1-3,6,8H,4-5,7,16H2,(H,17,19)/t8-/m1/s1. The average molecular weight is 336 g/mol. The Balaban J connectivity index is 2.14. The van der Waals surface area contributed by atoms with Crippen molar-refractivity contribution in [3.8, 4) is 0 Å². The maximum atomic E-state index is 12.6. The number of halogens is 1. The topological polar surface area (TPSA) is 79.2 Å². The average Bonchev–Trinajstić information content (AvgIpc) is 2.85. The van der Waals surface area contributed by atoms with E-state index in [-0.39, 0.29) is 17.5 Å². The molecule has 1 saturated heterocycles. The van der Waals surface area contributed by atoms with Crippen LogP contribution < -0.4 is 11.3 Å². The molecule has 20 heavy (non-hydrogen) atoms. The second kappa shape index (κ2) is 5.03. The minimum absolute atomic E-state index is 0.0268. The van der Waals surface area contributed by atoms with Crippen LogP contribution in [0.25, 0.3) is 10.9 Å². The molecule has 0 bridgehead atoms. The molecule has 3 rings (SSSR count). The Kier molecular flexibility index (Phi) is 3.35. The smallest absolute Gasteiger partial charge is 0.254 e. The van der Waals surface area contributed by atoms with Crippen molar-refractivity contribution in [2.75, 3.05) is 13.1 Å². The van der Waals surface area contributed by atoms with Crippen molar-refractivity contribution in [1.82, 2.24) is 9.88 Å². The van der Waals surface area contributed by atoms with Crippen LogP contribution in [-0.4, -0.2) is 34.9 Å². The molecule has 0 radical (unpaired) electrons. The van der Waals surface area contributed by atoms with Crippen molar-refractivity contribution in [1.29, 1.82) is 0 Å². The Hall–Kier alpha value is -1.66. The summed E-state index contributed by atoms with van der Waals surface area (Å²) >= 11 is 3.39. The molecule has 1 aromatic heterocycles. The molecular formula is C14H14BrN3O2. The highest BCUT2D eigenvalue weighted by Crippen LogP contribution is 2.24. The maximum absolute atomic E-state index is 12.6. The number of hydrogen-bond donors (Lipinski definition) is 2. The number of aromatic amines is 1. The normalized spacial score (nSPS) is 18.7. The summed E-state index contributed by atoms with van der Waals surface area (Å²) in [5.74, 6) is -0.132. The number of pyridine rings is 1. The van der Waals surface area contributed by atoms with Crippen molar-refractivity contribution >= 4 is 32.7 Å². The van der Waals surface area contributed by atoms with E-state index in [2.05, 4.69) is 20.9 Å². The number of carbonyl (C=O) groups excluding carboxylic acids is 1. The van der Waals surface area contributed by atoms with Crippen LogP contribution >= 0.6 is 15.9 Å². The number of nitrogens with two attached hydrogens (primary N) is 1. The number of nitrogens with one attached hydrogen (secondary N) is 1. The first-order valence-corrected chi connectivity index (χ1v) is 7.22. The third-order valence-corrected chi connectivity index (χ3v) is 4.23. The van der Waals surface area contributed by atoms with Crippen molar-refractivity contribution in [2.45, 2.75) is 12.5 Å². The van der Waals surface area contributed by atoms with Crippen LogP contribution in [0.1, 0.15) is 16.8 Å². The predicted molar refractivity (Wildman–Crippen MR) is 80.8 cm³/mol. The summed E-state index contributed by atoms with van der Waals surface area (Å²) in [5, 5.41) is 0.740. The van der Waals surface area contributed by atoms with Crippen molar-refractivity contribution in [2.24, 2.45) is 5.73 Å². The quantitative estimate of drug-likeness (QED) is 0.828. The van der Waals surface area contributed by atoms with E-state index >= 15 is 0 Å². The molecule has 1 atom stereocenters. The lowest BCUT2D eigenvalue weighted by Crippen LogP contribution is -2.32. The van der Waals surface area contributed by atoms with Gasteiger partial charge >= 0.3 is 0 Å². The Bertz CT molecular complexity index is 741. The maximum Gasteiger partial charge on any atom is 0.254 e. The van der Waals surface area contributed by atoms with Crippen molar-refractivity contribution in [3.05, 3.63) is 44.7 Å². The molecule has 5 nitrogen and oxygen atoms in total. The van der Waals surface area contributed by atoms with Gasteiger partial charge in [-0.1, -0.05) is 12.1 Å². The van der Waals surface area contributed by atoms with Gasteiger partial charge in [-0.05, 0) is 28.4 Å². The van der Waals surface area contributed by atoms with E-state index in [0.29, 0.717) is 24.2 Å². The lowest BCUT2D eigenvalue weighted by molar-refractivity contribution is 0.0792. The highest BCUT2D eigenvalue weighted by Gasteiger charge is 2.26. The molecule has 0 saturated carbocycles. The fraction of sp³-hybridized carbons (Fsp3) is 0.286. The largest absolute Gasteiger partial charge is 0.337 e. The highest BCUT2D eigenvalue weighted by molar-refractivity contribution is 9.10. The second-order valence-corrected chi connectivity index (χ2v) is 5.86. The van der Waals surface area contributed by atoms with E-state index in [1.54, 1.807) is 4.90 Å². The van der Waals surface area contributed by atoms with Gasteiger partial charge in [-0.15, -0.1) is 0 Å². The molecule has 2 heterocycles. The lowest BCUT2D eigenvalue weighted by atomic mass is 10.1. The second-order valence-electron chi connectivity index (χ2n) is 5.01. The summed E-state index contributed by atoms with van der Waals surface area (Å²) in [6.45, 7) is 1.18. The van der Waals surface area contributed by atoms with Gasteiger partial charge in [0.1, 0.15) is 0 Å². The highest BCUT2D eigenvalue weighted by atomic mass is 79.9. The van der Waals surface area contributed by atoms with Gasteiger partial charge in [0.15, 0.2) is 0 Å². The first-order chi connectivity index (χ1) is 9.56. The first-order valence-electron chi connectivity index (χ1n) is 6.42. The number of rotatable bonds is 1. The van der Waals surface area contributed by atoms with Gasteiger partial charge in [-0.3, -0.25) is 9.59 Å². The lowest BCUT2D eigenvalue weighted by Gasteiger charge is -2.17. The minimum Gasteiger partial charge on any atom is -0.337 e. The van der Waals surface area contributed by atoms with E-state index in [9.17, 15) is 9.59 Å². The number of H-pyrrole nitrogens is 1. The molecule has 2 aromatic rings. The van der Waals surface area contributed by atoms with Crippen LogP contribution in [0.4, 0.5) is 0 Å². The van der Waals surface area contributed by atoms with E-state index in [1.165, 1.54) is 6.07 Å². The number of carbonyl (C=O) groups is 1. The molecule has 0 unspecified atom stereocenters. The van der Waals surface area contributed by atoms with Crippen LogP contribution in [0.15, 0.2) is 33.5 Å². The first kappa shape index (κ1) is 13.3. The summed E-state index contributed by atoms with van der Waals surface area (Å²) in [4.78, 5) is 28.8. The van der Waals surface area contributed by atoms with E-state index in [0.717, 1.165) is 16.3 Å². The molecular weight excluding hydrogens is 322 g/mol. The summed E-state index contributed by atoms with van der Waals surface area (Å²) in [7, 11) is 0. The van der Waals surface area contributed by atoms with Gasteiger partial charge in [-0.25, -0.2) is 0 Å². The number of fused-ring (bicyclic) bond motifs is 1. The van der Waals surface area contributed by atoms with E-state index in [4.69, 9.17) is 5.73 Å². The Morgan fingerprint density at radius 3 is 2.95 bits per heavy atom. The molecule has 1 amide bonds. The zero-order valence-corrected chi connectivity index (χ0v) is 12.3. The van der Waals surface area contributed by atoms with Gasteiger partial charge in [0, 0.05) is 35.1 Å². The Morgan fingerprint density at radius 2 is 2.25 bits per heavy atom. The summed E-state index contributed by atoms with van der Waals surface area (Å²) in [6.07, 6.45) is 0.802. The summed E-state index contributed by atoms with van der Waals surface area (Å²) < 4.78 is 0.764. The van der Waals surface area contributed by atoms with Crippen LogP contribution in [0, 0.1) is 0 Å². The zero-order valence-electron chi connectivity index (χ0n) is 10.7. The fourth-order valence-corrected chi connectivity index (χ4v) is 3.03. The van der Waals surface area contributed by atoms with Crippen LogP contribution in [0.3, 0.4) is 0 Å². The van der Waals surface area contributed by atoms with Crippen molar-refractivity contribution < 1.29 is 4.79 Å². The Labute approximate surface area is 123 Å². The number of nitrogens with zero attached hydrogens (tertiary/aromatic N) is 1. The van der Waals surface area contributed by atoms with Crippen molar-refractivity contribution in [3.63, 3.8) is 0 Å². The minimum atomic E-state index is -0.281. The monoisotopic (exact) mass is 335 g/mol. The number of amides is 1. The van der Waals surface area contributed by atoms with Gasteiger partial charge in [0.05, 0.1) is 11.1 Å². The SMILES string of the molecule is N[C@@H]1CCN(C(=O)c2cc(=O)[nH]c3c(Br)cccc23)C1. The molecule has 1 aliphatic heterocycles. The van der Waals surface area contributed by atoms with E-state index < -0.39 is 0 Å². The fourth-order valence-electron chi connectivity index (χ4n) is 2.56. The predicted octanol–water partition coefficient (Wildman–Crippen LogP) is 1.46. The molecule has 3 N–H and O–H groups in total. The van der Waals surface area contributed by atoms with Crippen LogP contribution in [0.5, 0.6) is 0 Å². The number of hydrogen-bond acceptors (Lipinski definition) is 3. The number of para-hydroxylation sites is 1. The molecule has 1 aliphatic rings. The molecule has 0 spiro atoms. The molecule has 1 fully saturated rings. The molecule has 1 aromatic carbocycles. The van der Waals surface area contributed by atoms with E-state index in [1.807, 2.05) is 18.2 Å². The molecule has 104 valence electrons. The van der Waals surface area contributed by atoms with Gasteiger partial charge in [0.2, 0.25) is 5.56 Å². The Morgan fingerprint density at radius 1 is 1.45 bits per heavy atom. The van der Waals surface area contributed by atoms with Gasteiger partial charge in [0.25, 0.3) is 5.91 Å². The van der Waals surface area contributed by atoms with Gasteiger partial charge < -0.3 is 15.6 Å². The number of benzene rings is 1. The molecule has 0 aliphatic carbocycles. The molecule has 6 heteroatoms. The number of aromatic nitrogens is 1. The third kappa shape index (κ3) is 2.25. The summed E-state index contributed by atoms with van der Waals surface area (Å²) in [6, 6.07) is 6.90. The summed E-state index contributed by atoms with van der Waals surface area (Å²) in [5.41, 5.74) is 6.63.